The van der Waals surface area contributed by atoms with Gasteiger partial charge < -0.3 is 9.84 Å². The first-order valence-corrected chi connectivity index (χ1v) is 21.7. The van der Waals surface area contributed by atoms with Gasteiger partial charge in [-0.05, 0) is 110 Å². The summed E-state index contributed by atoms with van der Waals surface area (Å²) in [5.41, 5.74) is 1.45. The van der Waals surface area contributed by atoms with Crippen molar-refractivity contribution in [3.63, 3.8) is 0 Å². The molecule has 0 unspecified atom stereocenters. The van der Waals surface area contributed by atoms with Crippen LogP contribution >= 0.6 is 0 Å². The number of fused-ring (bicyclic) bond motifs is 7. The first-order valence-electron chi connectivity index (χ1n) is 21.7. The first-order chi connectivity index (χ1) is 23.6. The number of hydrogen-bond donors (Lipinski definition) is 1. The highest BCUT2D eigenvalue weighted by atomic mass is 16.5. The Hall–Kier alpha value is -1.32. The molecule has 0 aromatic heterocycles. The second kappa shape index (κ2) is 15.6. The zero-order valence-corrected chi connectivity index (χ0v) is 34.0. The number of ether oxygens (including phenoxy) is 1. The van der Waals surface area contributed by atoms with Gasteiger partial charge in [-0.3, -0.25) is 9.59 Å². The molecule has 0 saturated heterocycles. The quantitative estimate of drug-likeness (QED) is 0.0992. The van der Waals surface area contributed by atoms with Crippen molar-refractivity contribution >= 4 is 11.9 Å². The van der Waals surface area contributed by atoms with E-state index in [-0.39, 0.29) is 45.1 Å². The Bertz CT molecular complexity index is 1210. The van der Waals surface area contributed by atoms with Crippen molar-refractivity contribution in [3.05, 3.63) is 11.6 Å². The standard InChI is InChI=1S/C46H78O4/c1-9-10-11-12-13-14-15-16-17-18-19-20-21-22-39(47)50-38-26-27-43(6)36(42(38,4)5)25-28-45(8)37(43)24-23-34-35-33-41(2,3)29-31-46(35,40(48)49)32-30-44(34,45)7/h23,35-38H,9-22,24-33H2,1-8H3,(H,48,49)/t35-,36+,37-,38+,43+,44-,45-,46+/m1/s1. The second-order valence-electron chi connectivity index (χ2n) is 20.5. The molecule has 286 valence electrons. The van der Waals surface area contributed by atoms with Crippen LogP contribution in [0.3, 0.4) is 0 Å². The third kappa shape index (κ3) is 7.41. The van der Waals surface area contributed by atoms with Crippen LogP contribution in [0.4, 0.5) is 0 Å². The zero-order valence-electron chi connectivity index (χ0n) is 34.0. The van der Waals surface area contributed by atoms with Crippen LogP contribution < -0.4 is 0 Å². The Labute approximate surface area is 308 Å². The number of carbonyl (C=O) groups excluding carboxylic acids is 1. The van der Waals surface area contributed by atoms with Crippen molar-refractivity contribution in [1.29, 1.82) is 0 Å². The Balaban J connectivity index is 1.15. The summed E-state index contributed by atoms with van der Waals surface area (Å²) >= 11 is 0. The van der Waals surface area contributed by atoms with Gasteiger partial charge in [0.2, 0.25) is 0 Å². The molecule has 0 spiro atoms. The number of unbranched alkanes of at least 4 members (excludes halogenated alkanes) is 12. The molecule has 5 aliphatic carbocycles. The lowest BCUT2D eigenvalue weighted by atomic mass is 9.33. The molecule has 0 aromatic rings. The van der Waals surface area contributed by atoms with Crippen LogP contribution in [-0.2, 0) is 14.3 Å². The molecule has 0 radical (unpaired) electrons. The lowest BCUT2D eigenvalue weighted by Crippen LogP contribution is -2.65. The molecule has 5 aliphatic rings. The van der Waals surface area contributed by atoms with Crippen molar-refractivity contribution in [2.75, 3.05) is 0 Å². The van der Waals surface area contributed by atoms with Crippen LogP contribution in [0.2, 0.25) is 0 Å². The highest BCUT2D eigenvalue weighted by Crippen LogP contribution is 2.75. The van der Waals surface area contributed by atoms with Crippen molar-refractivity contribution in [3.8, 4) is 0 Å². The smallest absolute Gasteiger partial charge is 0.310 e. The number of carboxylic acids is 1. The predicted molar refractivity (Wildman–Crippen MR) is 207 cm³/mol. The average molecular weight is 695 g/mol. The summed E-state index contributed by atoms with van der Waals surface area (Å²) in [6.07, 6.45) is 30.4. The van der Waals surface area contributed by atoms with Gasteiger partial charge in [0.15, 0.2) is 0 Å². The molecule has 4 heteroatoms. The maximum absolute atomic E-state index is 13.2. The molecule has 5 rings (SSSR count). The fourth-order valence-corrected chi connectivity index (χ4v) is 13.3. The lowest BCUT2D eigenvalue weighted by molar-refractivity contribution is -0.214. The number of aliphatic carboxylic acids is 1. The fourth-order valence-electron chi connectivity index (χ4n) is 13.3. The number of allylic oxidation sites excluding steroid dienone is 2. The Morgan fingerprint density at radius 3 is 1.90 bits per heavy atom. The van der Waals surface area contributed by atoms with Gasteiger partial charge in [0.25, 0.3) is 0 Å². The van der Waals surface area contributed by atoms with Crippen LogP contribution in [0, 0.1) is 50.2 Å². The van der Waals surface area contributed by atoms with Crippen molar-refractivity contribution in [1.82, 2.24) is 0 Å². The van der Waals surface area contributed by atoms with E-state index in [9.17, 15) is 14.7 Å². The summed E-state index contributed by atoms with van der Waals surface area (Å²) in [4.78, 5) is 26.2. The SMILES string of the molecule is CCCCCCCCCCCCCCCC(=O)O[C@H]1CC[C@]2(C)[C@H]3CC=C4[C@H]5CC(C)(C)CC[C@]5(C(=O)O)CC[C@@]4(C)[C@]3(C)CC[C@H]2C1(C)C. The van der Waals surface area contributed by atoms with Crippen LogP contribution in [-0.4, -0.2) is 23.1 Å². The molecule has 1 N–H and O–H groups in total. The van der Waals surface area contributed by atoms with Gasteiger partial charge in [-0.15, -0.1) is 0 Å². The van der Waals surface area contributed by atoms with Crippen molar-refractivity contribution < 1.29 is 19.4 Å². The van der Waals surface area contributed by atoms with Gasteiger partial charge >= 0.3 is 11.9 Å². The van der Waals surface area contributed by atoms with Crippen LogP contribution in [0.1, 0.15) is 209 Å². The molecular weight excluding hydrogens is 617 g/mol. The van der Waals surface area contributed by atoms with Crippen molar-refractivity contribution in [2.24, 2.45) is 50.2 Å². The molecule has 8 atom stereocenters. The Morgan fingerprint density at radius 1 is 0.720 bits per heavy atom. The van der Waals surface area contributed by atoms with E-state index in [1.807, 2.05) is 0 Å². The van der Waals surface area contributed by atoms with E-state index in [0.717, 1.165) is 64.2 Å². The monoisotopic (exact) mass is 695 g/mol. The highest BCUT2D eigenvalue weighted by molar-refractivity contribution is 5.76. The number of carboxylic acid groups (broad SMARTS) is 1. The fraction of sp³-hybridized carbons (Fsp3) is 0.913. The summed E-state index contributed by atoms with van der Waals surface area (Å²) < 4.78 is 6.38. The average Bonchev–Trinajstić information content (AvgIpc) is 3.04. The molecular formula is C46H78O4. The van der Waals surface area contributed by atoms with Crippen LogP contribution in [0.5, 0.6) is 0 Å². The molecule has 50 heavy (non-hydrogen) atoms. The van der Waals surface area contributed by atoms with Gasteiger partial charge in [0.1, 0.15) is 6.10 Å². The van der Waals surface area contributed by atoms with Gasteiger partial charge in [0.05, 0.1) is 5.41 Å². The Morgan fingerprint density at radius 2 is 1.30 bits per heavy atom. The van der Waals surface area contributed by atoms with E-state index in [0.29, 0.717) is 18.3 Å². The molecule has 0 aliphatic heterocycles. The summed E-state index contributed by atoms with van der Waals surface area (Å²) in [5.74, 6) is 0.718. The Kier molecular flexibility index (Phi) is 12.4. The highest BCUT2D eigenvalue weighted by Gasteiger charge is 2.69. The normalized spacial score (nSPS) is 38.5. The minimum Gasteiger partial charge on any atom is -0.481 e. The van der Waals surface area contributed by atoms with E-state index < -0.39 is 11.4 Å². The van der Waals surface area contributed by atoms with Gasteiger partial charge in [-0.2, -0.15) is 0 Å². The predicted octanol–water partition coefficient (Wildman–Crippen LogP) is 13.3. The maximum atomic E-state index is 13.2. The van der Waals surface area contributed by atoms with E-state index in [1.54, 1.807) is 0 Å². The lowest BCUT2D eigenvalue weighted by Gasteiger charge is -2.71. The molecule has 0 amide bonds. The third-order valence-corrected chi connectivity index (χ3v) is 16.8. The molecule has 4 fully saturated rings. The van der Waals surface area contributed by atoms with Gasteiger partial charge in [-0.25, -0.2) is 0 Å². The van der Waals surface area contributed by atoms with Crippen molar-refractivity contribution in [2.45, 2.75) is 216 Å². The largest absolute Gasteiger partial charge is 0.481 e. The third-order valence-electron chi connectivity index (χ3n) is 16.8. The number of hydrogen-bond acceptors (Lipinski definition) is 3. The minimum absolute atomic E-state index is 0.0000165. The summed E-state index contributed by atoms with van der Waals surface area (Å²) in [6, 6.07) is 0. The van der Waals surface area contributed by atoms with E-state index >= 15 is 0 Å². The van der Waals surface area contributed by atoms with Gasteiger partial charge in [-0.1, -0.05) is 144 Å². The minimum atomic E-state index is -0.581. The maximum Gasteiger partial charge on any atom is 0.310 e. The van der Waals surface area contributed by atoms with E-state index in [2.05, 4.69) is 61.5 Å². The molecule has 4 saturated carbocycles. The number of rotatable bonds is 16. The zero-order chi connectivity index (χ0) is 36.4. The van der Waals surface area contributed by atoms with Crippen LogP contribution in [0.25, 0.3) is 0 Å². The molecule has 0 heterocycles. The summed E-state index contributed by atoms with van der Waals surface area (Å²) in [7, 11) is 0. The summed E-state index contributed by atoms with van der Waals surface area (Å²) in [5, 5.41) is 10.7. The first kappa shape index (κ1) is 39.9. The molecule has 4 nitrogen and oxygen atoms in total. The molecule has 0 bridgehead atoms. The second-order valence-corrected chi connectivity index (χ2v) is 20.5. The molecule has 0 aromatic carbocycles. The van der Waals surface area contributed by atoms with Gasteiger partial charge in [0, 0.05) is 11.8 Å². The number of carbonyl (C=O) groups is 2. The number of esters is 1. The topological polar surface area (TPSA) is 63.6 Å². The van der Waals surface area contributed by atoms with E-state index in [1.165, 1.54) is 89.0 Å². The van der Waals surface area contributed by atoms with Crippen LogP contribution in [0.15, 0.2) is 11.6 Å². The summed E-state index contributed by atoms with van der Waals surface area (Å²) in [6.45, 7) is 19.5. The van der Waals surface area contributed by atoms with E-state index in [4.69, 9.17) is 4.74 Å².